The summed E-state index contributed by atoms with van der Waals surface area (Å²) in [6, 6.07) is 16.3. The molecule has 2 aromatic carbocycles. The lowest BCUT2D eigenvalue weighted by Crippen LogP contribution is -2.07. The molecule has 23 heavy (non-hydrogen) atoms. The molecule has 0 saturated carbocycles. The van der Waals surface area contributed by atoms with Crippen LogP contribution in [0.5, 0.6) is 11.5 Å². The van der Waals surface area contributed by atoms with Crippen LogP contribution in [0, 0.1) is 5.92 Å². The molecular formula is C20H27NO2. The molecule has 0 aromatic heterocycles. The molecule has 0 spiro atoms. The predicted molar refractivity (Wildman–Crippen MR) is 96.3 cm³/mol. The second kappa shape index (κ2) is 9.09. The molecule has 3 heteroatoms. The molecule has 0 unspecified atom stereocenters. The molecule has 3 nitrogen and oxygen atoms in total. The molecule has 0 fully saturated rings. The van der Waals surface area contributed by atoms with Gasteiger partial charge in [0.25, 0.3) is 0 Å². The van der Waals surface area contributed by atoms with Gasteiger partial charge in [-0.3, -0.25) is 0 Å². The van der Waals surface area contributed by atoms with Crippen molar-refractivity contribution in [3.05, 3.63) is 54.1 Å². The fourth-order valence-electron chi connectivity index (χ4n) is 2.16. The zero-order valence-electron chi connectivity index (χ0n) is 14.3. The first kappa shape index (κ1) is 17.2. The molecule has 0 aliphatic carbocycles. The Balaban J connectivity index is 1.98. The molecule has 2 aromatic rings. The summed E-state index contributed by atoms with van der Waals surface area (Å²) >= 11 is 0. The average Bonchev–Trinajstić information content (AvgIpc) is 2.57. The number of anilines is 1. The second-order valence-corrected chi connectivity index (χ2v) is 6.05. The molecule has 124 valence electrons. The van der Waals surface area contributed by atoms with Crippen LogP contribution >= 0.6 is 0 Å². The zero-order valence-corrected chi connectivity index (χ0v) is 14.3. The lowest BCUT2D eigenvalue weighted by Gasteiger charge is -2.15. The van der Waals surface area contributed by atoms with Crippen LogP contribution in [0.4, 0.5) is 5.69 Å². The molecule has 0 bridgehead atoms. The molecular weight excluding hydrogens is 286 g/mol. The SMILES string of the molecule is CCCOc1cccc(CNc2ccccc2OCC(C)C)c1. The first-order valence-electron chi connectivity index (χ1n) is 8.36. The van der Waals surface area contributed by atoms with E-state index in [0.29, 0.717) is 5.92 Å². The Morgan fingerprint density at radius 1 is 1.00 bits per heavy atom. The van der Waals surface area contributed by atoms with Gasteiger partial charge in [-0.1, -0.05) is 45.0 Å². The van der Waals surface area contributed by atoms with Gasteiger partial charge in [-0.2, -0.15) is 0 Å². The van der Waals surface area contributed by atoms with E-state index in [9.17, 15) is 0 Å². The normalized spacial score (nSPS) is 10.6. The Bertz CT molecular complexity index is 596. The number of para-hydroxylation sites is 2. The van der Waals surface area contributed by atoms with Crippen molar-refractivity contribution in [3.8, 4) is 11.5 Å². The quantitative estimate of drug-likeness (QED) is 0.697. The van der Waals surface area contributed by atoms with Gasteiger partial charge in [-0.05, 0) is 42.2 Å². The predicted octanol–water partition coefficient (Wildman–Crippen LogP) is 5.12. The van der Waals surface area contributed by atoms with Crippen molar-refractivity contribution < 1.29 is 9.47 Å². The minimum absolute atomic E-state index is 0.510. The summed E-state index contributed by atoms with van der Waals surface area (Å²) in [5, 5.41) is 3.46. The van der Waals surface area contributed by atoms with E-state index in [0.717, 1.165) is 43.4 Å². The summed E-state index contributed by atoms with van der Waals surface area (Å²) in [5.41, 5.74) is 2.21. The molecule has 2 rings (SSSR count). The van der Waals surface area contributed by atoms with Crippen LogP contribution in [-0.2, 0) is 6.54 Å². The number of benzene rings is 2. The molecule has 1 N–H and O–H groups in total. The molecule has 0 heterocycles. The number of ether oxygens (including phenoxy) is 2. The van der Waals surface area contributed by atoms with Crippen molar-refractivity contribution in [2.45, 2.75) is 33.7 Å². The summed E-state index contributed by atoms with van der Waals surface area (Å²) in [5.74, 6) is 2.34. The van der Waals surface area contributed by atoms with Gasteiger partial charge < -0.3 is 14.8 Å². The van der Waals surface area contributed by atoms with Crippen molar-refractivity contribution in [3.63, 3.8) is 0 Å². The van der Waals surface area contributed by atoms with E-state index in [1.165, 1.54) is 5.56 Å². The maximum absolute atomic E-state index is 5.88. The largest absolute Gasteiger partial charge is 0.494 e. The first-order valence-corrected chi connectivity index (χ1v) is 8.36. The van der Waals surface area contributed by atoms with E-state index in [1.807, 2.05) is 36.4 Å². The molecule has 0 saturated heterocycles. The third-order valence-electron chi connectivity index (χ3n) is 3.31. The van der Waals surface area contributed by atoms with E-state index in [-0.39, 0.29) is 0 Å². The van der Waals surface area contributed by atoms with Gasteiger partial charge in [-0.15, -0.1) is 0 Å². The number of nitrogens with one attached hydrogen (secondary N) is 1. The zero-order chi connectivity index (χ0) is 16.5. The van der Waals surface area contributed by atoms with Crippen LogP contribution in [-0.4, -0.2) is 13.2 Å². The first-order chi connectivity index (χ1) is 11.2. The van der Waals surface area contributed by atoms with Crippen LogP contribution in [0.2, 0.25) is 0 Å². The van der Waals surface area contributed by atoms with E-state index in [2.05, 4.69) is 38.2 Å². The Morgan fingerprint density at radius 3 is 2.61 bits per heavy atom. The van der Waals surface area contributed by atoms with Crippen LogP contribution in [0.3, 0.4) is 0 Å². The molecule has 0 aliphatic rings. The molecule has 0 atom stereocenters. The van der Waals surface area contributed by atoms with Gasteiger partial charge in [0.15, 0.2) is 0 Å². The topological polar surface area (TPSA) is 30.5 Å². The minimum atomic E-state index is 0.510. The van der Waals surface area contributed by atoms with Crippen LogP contribution in [0.1, 0.15) is 32.8 Å². The van der Waals surface area contributed by atoms with Crippen molar-refractivity contribution >= 4 is 5.69 Å². The number of hydrogen-bond donors (Lipinski definition) is 1. The lowest BCUT2D eigenvalue weighted by atomic mass is 10.2. The third-order valence-corrected chi connectivity index (χ3v) is 3.31. The monoisotopic (exact) mass is 313 g/mol. The molecule has 0 aliphatic heterocycles. The van der Waals surface area contributed by atoms with Crippen molar-refractivity contribution in [2.24, 2.45) is 5.92 Å². The van der Waals surface area contributed by atoms with E-state index >= 15 is 0 Å². The molecule has 0 radical (unpaired) electrons. The van der Waals surface area contributed by atoms with E-state index in [1.54, 1.807) is 0 Å². The summed E-state index contributed by atoms with van der Waals surface area (Å²) in [7, 11) is 0. The lowest BCUT2D eigenvalue weighted by molar-refractivity contribution is 0.272. The Hall–Kier alpha value is -2.16. The second-order valence-electron chi connectivity index (χ2n) is 6.05. The maximum atomic E-state index is 5.88. The summed E-state index contributed by atoms with van der Waals surface area (Å²) in [6.07, 6.45) is 1.02. The van der Waals surface area contributed by atoms with E-state index < -0.39 is 0 Å². The van der Waals surface area contributed by atoms with Gasteiger partial charge >= 0.3 is 0 Å². The van der Waals surface area contributed by atoms with Gasteiger partial charge in [-0.25, -0.2) is 0 Å². The van der Waals surface area contributed by atoms with Crippen LogP contribution in [0.25, 0.3) is 0 Å². The van der Waals surface area contributed by atoms with Crippen LogP contribution < -0.4 is 14.8 Å². The summed E-state index contributed by atoms with van der Waals surface area (Å²) in [4.78, 5) is 0. The Labute approximate surface area is 139 Å². The highest BCUT2D eigenvalue weighted by atomic mass is 16.5. The van der Waals surface area contributed by atoms with Crippen LogP contribution in [0.15, 0.2) is 48.5 Å². The third kappa shape index (κ3) is 5.85. The summed E-state index contributed by atoms with van der Waals surface area (Å²) < 4.78 is 11.6. The molecule has 0 amide bonds. The van der Waals surface area contributed by atoms with Gasteiger partial charge in [0, 0.05) is 6.54 Å². The highest BCUT2D eigenvalue weighted by Crippen LogP contribution is 2.25. The van der Waals surface area contributed by atoms with Gasteiger partial charge in [0.1, 0.15) is 11.5 Å². The number of hydrogen-bond acceptors (Lipinski definition) is 3. The fraction of sp³-hybridized carbons (Fsp3) is 0.400. The average molecular weight is 313 g/mol. The van der Waals surface area contributed by atoms with Crippen molar-refractivity contribution in [1.82, 2.24) is 0 Å². The summed E-state index contributed by atoms with van der Waals surface area (Å²) in [6.45, 7) is 8.63. The van der Waals surface area contributed by atoms with E-state index in [4.69, 9.17) is 9.47 Å². The standard InChI is InChI=1S/C20H27NO2/c1-4-12-22-18-9-7-8-17(13-18)14-21-19-10-5-6-11-20(19)23-15-16(2)3/h5-11,13,16,21H,4,12,14-15H2,1-3H3. The smallest absolute Gasteiger partial charge is 0.142 e. The van der Waals surface area contributed by atoms with Crippen molar-refractivity contribution in [1.29, 1.82) is 0 Å². The highest BCUT2D eigenvalue weighted by Gasteiger charge is 2.04. The van der Waals surface area contributed by atoms with Gasteiger partial charge in [0.2, 0.25) is 0 Å². The van der Waals surface area contributed by atoms with Crippen molar-refractivity contribution in [2.75, 3.05) is 18.5 Å². The minimum Gasteiger partial charge on any atom is -0.494 e. The number of rotatable bonds is 9. The Kier molecular flexibility index (Phi) is 6.79. The Morgan fingerprint density at radius 2 is 1.83 bits per heavy atom. The maximum Gasteiger partial charge on any atom is 0.142 e. The van der Waals surface area contributed by atoms with Gasteiger partial charge in [0.05, 0.1) is 18.9 Å². The highest BCUT2D eigenvalue weighted by molar-refractivity contribution is 5.56. The fourth-order valence-corrected chi connectivity index (χ4v) is 2.16.